The van der Waals surface area contributed by atoms with Crippen molar-refractivity contribution in [2.75, 3.05) is 7.11 Å². The number of rotatable bonds is 3. The summed E-state index contributed by atoms with van der Waals surface area (Å²) in [7, 11) is 1.60. The van der Waals surface area contributed by atoms with E-state index in [1.165, 1.54) is 11.8 Å². The van der Waals surface area contributed by atoms with Gasteiger partial charge in [-0.25, -0.2) is 4.99 Å². The predicted molar refractivity (Wildman–Crippen MR) is 115 cm³/mol. The maximum atomic E-state index is 12.2. The standard InChI is InChI=1S/C18H13Br2ClN2O2S/c1-9-3-4-11(8-14(9)21)22-18-23-17(24)15(26-18)7-10-5-12(19)16(25-2)13(20)6-10/h3-8H,1-2H3,(H,22,23,24)/b15-7-. The summed E-state index contributed by atoms with van der Waals surface area (Å²) in [5.41, 5.74) is 2.54. The predicted octanol–water partition coefficient (Wildman–Crippen LogP) is 6.07. The van der Waals surface area contributed by atoms with Gasteiger partial charge in [0.1, 0.15) is 5.75 Å². The molecule has 1 aliphatic rings. The summed E-state index contributed by atoms with van der Waals surface area (Å²) >= 11 is 14.3. The molecule has 8 heteroatoms. The number of amides is 1. The minimum absolute atomic E-state index is 0.185. The van der Waals surface area contributed by atoms with Crippen LogP contribution in [0.2, 0.25) is 5.02 Å². The molecular formula is C18H13Br2ClN2O2S. The molecular weight excluding hydrogens is 504 g/mol. The third kappa shape index (κ3) is 4.34. The van der Waals surface area contributed by atoms with E-state index in [0.29, 0.717) is 26.5 Å². The molecule has 0 radical (unpaired) electrons. The lowest BCUT2D eigenvalue weighted by atomic mass is 10.2. The van der Waals surface area contributed by atoms with Crippen LogP contribution in [0.5, 0.6) is 5.75 Å². The average Bonchev–Trinajstić information content (AvgIpc) is 2.90. The van der Waals surface area contributed by atoms with Gasteiger partial charge in [0.2, 0.25) is 0 Å². The van der Waals surface area contributed by atoms with E-state index in [0.717, 1.165) is 20.1 Å². The number of nitrogens with zero attached hydrogens (tertiary/aromatic N) is 1. The van der Waals surface area contributed by atoms with Crippen molar-refractivity contribution < 1.29 is 9.53 Å². The largest absolute Gasteiger partial charge is 0.494 e. The zero-order valence-electron chi connectivity index (χ0n) is 13.8. The van der Waals surface area contributed by atoms with Gasteiger partial charge in [-0.2, -0.15) is 0 Å². The lowest BCUT2D eigenvalue weighted by Gasteiger charge is -2.07. The van der Waals surface area contributed by atoms with Crippen LogP contribution in [-0.4, -0.2) is 18.2 Å². The molecule has 26 heavy (non-hydrogen) atoms. The van der Waals surface area contributed by atoms with Crippen LogP contribution in [0.1, 0.15) is 11.1 Å². The minimum Gasteiger partial charge on any atom is -0.494 e. The molecule has 134 valence electrons. The molecule has 1 saturated heterocycles. The molecule has 0 atom stereocenters. The molecule has 0 spiro atoms. The summed E-state index contributed by atoms with van der Waals surface area (Å²) in [4.78, 5) is 17.2. The molecule has 1 fully saturated rings. The first-order valence-electron chi connectivity index (χ1n) is 7.46. The number of ether oxygens (including phenoxy) is 1. The smallest absolute Gasteiger partial charge is 0.264 e. The zero-order valence-corrected chi connectivity index (χ0v) is 18.5. The number of carbonyl (C=O) groups excluding carboxylic acids is 1. The Hall–Kier alpha value is -1.28. The number of nitrogens with one attached hydrogen (secondary N) is 1. The number of hydrogen-bond acceptors (Lipinski definition) is 4. The fraction of sp³-hybridized carbons (Fsp3) is 0.111. The highest BCUT2D eigenvalue weighted by Crippen LogP contribution is 2.36. The number of thioether (sulfide) groups is 1. The Labute approximate surface area is 177 Å². The van der Waals surface area contributed by atoms with Crippen molar-refractivity contribution in [1.82, 2.24) is 5.32 Å². The van der Waals surface area contributed by atoms with E-state index >= 15 is 0 Å². The summed E-state index contributed by atoms with van der Waals surface area (Å²) in [6.07, 6.45) is 1.81. The number of benzene rings is 2. The lowest BCUT2D eigenvalue weighted by molar-refractivity contribution is -0.115. The molecule has 2 aromatic rings. The van der Waals surface area contributed by atoms with Crippen molar-refractivity contribution in [3.8, 4) is 5.75 Å². The summed E-state index contributed by atoms with van der Waals surface area (Å²) < 4.78 is 6.89. The van der Waals surface area contributed by atoms with Crippen LogP contribution in [-0.2, 0) is 4.79 Å². The number of halogens is 3. The van der Waals surface area contributed by atoms with E-state index in [1.807, 2.05) is 31.2 Å². The van der Waals surface area contributed by atoms with Gasteiger partial charge >= 0.3 is 0 Å². The fourth-order valence-electron chi connectivity index (χ4n) is 2.26. The number of methoxy groups -OCH3 is 1. The third-order valence-corrected chi connectivity index (χ3v) is 6.05. The van der Waals surface area contributed by atoms with Crippen molar-refractivity contribution >= 4 is 78.1 Å². The van der Waals surface area contributed by atoms with Crippen LogP contribution in [0.4, 0.5) is 5.69 Å². The Bertz CT molecular complexity index is 937. The Kier molecular flexibility index (Phi) is 6.12. The molecule has 0 aromatic heterocycles. The zero-order chi connectivity index (χ0) is 18.8. The quantitative estimate of drug-likeness (QED) is 0.504. The first-order valence-corrected chi connectivity index (χ1v) is 10.2. The van der Waals surface area contributed by atoms with Gasteiger partial charge in [0.15, 0.2) is 5.17 Å². The monoisotopic (exact) mass is 514 g/mol. The number of aryl methyl sites for hydroxylation is 1. The Morgan fingerprint density at radius 1 is 1.23 bits per heavy atom. The van der Waals surface area contributed by atoms with Crippen LogP contribution < -0.4 is 10.1 Å². The Morgan fingerprint density at radius 2 is 1.92 bits per heavy atom. The Balaban J connectivity index is 1.86. The minimum atomic E-state index is -0.185. The van der Waals surface area contributed by atoms with E-state index in [-0.39, 0.29) is 5.91 Å². The second-order valence-electron chi connectivity index (χ2n) is 5.43. The van der Waals surface area contributed by atoms with Gasteiger partial charge in [-0.3, -0.25) is 4.79 Å². The molecule has 0 bridgehead atoms. The van der Waals surface area contributed by atoms with Crippen molar-refractivity contribution in [3.63, 3.8) is 0 Å². The second-order valence-corrected chi connectivity index (χ2v) is 8.58. The van der Waals surface area contributed by atoms with Gasteiger partial charge in [-0.1, -0.05) is 17.7 Å². The van der Waals surface area contributed by atoms with E-state index in [9.17, 15) is 4.79 Å². The van der Waals surface area contributed by atoms with Crippen LogP contribution in [0.15, 0.2) is 49.2 Å². The van der Waals surface area contributed by atoms with Crippen LogP contribution in [0.3, 0.4) is 0 Å². The van der Waals surface area contributed by atoms with Crippen LogP contribution >= 0.6 is 55.2 Å². The third-order valence-electron chi connectivity index (χ3n) is 3.56. The highest BCUT2D eigenvalue weighted by Gasteiger charge is 2.24. The summed E-state index contributed by atoms with van der Waals surface area (Å²) in [6.45, 7) is 1.93. The van der Waals surface area contributed by atoms with Gasteiger partial charge in [0, 0.05) is 5.02 Å². The molecule has 1 amide bonds. The van der Waals surface area contributed by atoms with Crippen molar-refractivity contribution in [1.29, 1.82) is 0 Å². The molecule has 2 aromatic carbocycles. The maximum absolute atomic E-state index is 12.2. The van der Waals surface area contributed by atoms with E-state index in [1.54, 1.807) is 19.3 Å². The van der Waals surface area contributed by atoms with Crippen molar-refractivity contribution in [2.45, 2.75) is 6.92 Å². The fourth-order valence-corrected chi connectivity index (χ4v) is 4.82. The Morgan fingerprint density at radius 3 is 2.54 bits per heavy atom. The SMILES string of the molecule is COc1c(Br)cc(/C=C2\SC(=Nc3ccc(C)c(Cl)c3)NC2=O)cc1Br. The maximum Gasteiger partial charge on any atom is 0.264 e. The lowest BCUT2D eigenvalue weighted by Crippen LogP contribution is -2.19. The summed E-state index contributed by atoms with van der Waals surface area (Å²) in [5, 5.41) is 3.94. The molecule has 3 rings (SSSR count). The van der Waals surface area contributed by atoms with E-state index in [4.69, 9.17) is 16.3 Å². The van der Waals surface area contributed by atoms with Gasteiger partial charge in [0.25, 0.3) is 5.91 Å². The summed E-state index contributed by atoms with van der Waals surface area (Å²) in [5.74, 6) is 0.518. The molecule has 4 nitrogen and oxygen atoms in total. The number of aliphatic imine (C=N–C) groups is 1. The van der Waals surface area contributed by atoms with Gasteiger partial charge < -0.3 is 10.1 Å². The topological polar surface area (TPSA) is 50.7 Å². The normalized spacial score (nSPS) is 17.0. The van der Waals surface area contributed by atoms with Crippen molar-refractivity contribution in [2.24, 2.45) is 4.99 Å². The number of hydrogen-bond donors (Lipinski definition) is 1. The first-order chi connectivity index (χ1) is 12.4. The molecule has 0 saturated carbocycles. The van der Waals surface area contributed by atoms with Gasteiger partial charge in [-0.05, 0) is 92.0 Å². The number of amidine groups is 1. The second kappa shape index (κ2) is 8.17. The van der Waals surface area contributed by atoms with Crippen LogP contribution in [0.25, 0.3) is 6.08 Å². The molecule has 0 aliphatic carbocycles. The molecule has 0 unspecified atom stereocenters. The summed E-state index contributed by atoms with van der Waals surface area (Å²) in [6, 6.07) is 9.31. The average molecular weight is 517 g/mol. The highest BCUT2D eigenvalue weighted by molar-refractivity contribution is 9.11. The van der Waals surface area contributed by atoms with Gasteiger partial charge in [-0.15, -0.1) is 0 Å². The first kappa shape index (κ1) is 19.5. The molecule has 1 aliphatic heterocycles. The highest BCUT2D eigenvalue weighted by atomic mass is 79.9. The van der Waals surface area contributed by atoms with Gasteiger partial charge in [0.05, 0.1) is 26.6 Å². The van der Waals surface area contributed by atoms with Crippen LogP contribution in [0, 0.1) is 6.92 Å². The molecule has 1 N–H and O–H groups in total. The van der Waals surface area contributed by atoms with E-state index in [2.05, 4.69) is 42.2 Å². The van der Waals surface area contributed by atoms with Crippen molar-refractivity contribution in [3.05, 3.63) is 60.3 Å². The number of carbonyl (C=O) groups is 1. The van der Waals surface area contributed by atoms with E-state index < -0.39 is 0 Å². The molecule has 1 heterocycles.